The standard InChI is InChI=1S/C20H20BrClFN3O3/c21-17-11-14(22)1-6-18(17)29-13-20(28)26-9-7-25(8-10-26)12-19(27)24-16-4-2-15(23)3-5-16/h1-6,11H,7-10,12-13H2,(H,24,27). The lowest BCUT2D eigenvalue weighted by Crippen LogP contribution is -2.51. The van der Waals surface area contributed by atoms with Gasteiger partial charge in [-0.3, -0.25) is 14.5 Å². The van der Waals surface area contributed by atoms with Crippen molar-refractivity contribution in [3.63, 3.8) is 0 Å². The van der Waals surface area contributed by atoms with Gasteiger partial charge in [-0.1, -0.05) is 11.6 Å². The average Bonchev–Trinajstić information content (AvgIpc) is 2.69. The van der Waals surface area contributed by atoms with Gasteiger partial charge in [0.25, 0.3) is 5.91 Å². The molecule has 0 atom stereocenters. The zero-order chi connectivity index (χ0) is 20.8. The Bertz CT molecular complexity index is 874. The Kier molecular flexibility index (Phi) is 7.46. The largest absolute Gasteiger partial charge is 0.483 e. The molecule has 1 N–H and O–H groups in total. The zero-order valence-corrected chi connectivity index (χ0v) is 17.9. The predicted octanol–water partition coefficient (Wildman–Crippen LogP) is 3.40. The zero-order valence-electron chi connectivity index (χ0n) is 15.5. The molecule has 9 heteroatoms. The SMILES string of the molecule is O=C(CN1CCN(C(=O)COc2ccc(Cl)cc2Br)CC1)Nc1ccc(F)cc1. The third kappa shape index (κ3) is 6.42. The van der Waals surface area contributed by atoms with Crippen molar-refractivity contribution in [3.05, 3.63) is 57.8 Å². The summed E-state index contributed by atoms with van der Waals surface area (Å²) >= 11 is 9.25. The van der Waals surface area contributed by atoms with E-state index in [4.69, 9.17) is 16.3 Å². The quantitative estimate of drug-likeness (QED) is 0.683. The summed E-state index contributed by atoms with van der Waals surface area (Å²) in [5.41, 5.74) is 0.552. The lowest BCUT2D eigenvalue weighted by molar-refractivity contribution is -0.135. The summed E-state index contributed by atoms with van der Waals surface area (Å²) in [5.74, 6) is -0.0791. The van der Waals surface area contributed by atoms with Gasteiger partial charge in [0, 0.05) is 36.9 Å². The summed E-state index contributed by atoms with van der Waals surface area (Å²) < 4.78 is 19.2. The molecule has 154 valence electrons. The summed E-state index contributed by atoms with van der Waals surface area (Å²) in [7, 11) is 0. The van der Waals surface area contributed by atoms with Gasteiger partial charge < -0.3 is 15.0 Å². The topological polar surface area (TPSA) is 61.9 Å². The van der Waals surface area contributed by atoms with Crippen LogP contribution in [0, 0.1) is 5.82 Å². The minimum absolute atomic E-state index is 0.0642. The molecule has 1 aliphatic heterocycles. The molecule has 2 aromatic carbocycles. The molecule has 1 heterocycles. The molecule has 2 aromatic rings. The Hall–Kier alpha value is -2.16. The molecular formula is C20H20BrClFN3O3. The van der Waals surface area contributed by atoms with Gasteiger partial charge in [0.1, 0.15) is 11.6 Å². The second-order valence-corrected chi connectivity index (χ2v) is 7.87. The summed E-state index contributed by atoms with van der Waals surface area (Å²) in [5, 5.41) is 3.32. The van der Waals surface area contributed by atoms with Crippen LogP contribution in [0.5, 0.6) is 5.75 Å². The molecule has 0 saturated carbocycles. The monoisotopic (exact) mass is 483 g/mol. The van der Waals surface area contributed by atoms with Crippen LogP contribution in [0.1, 0.15) is 0 Å². The molecule has 6 nitrogen and oxygen atoms in total. The van der Waals surface area contributed by atoms with E-state index in [0.717, 1.165) is 0 Å². The fraction of sp³-hybridized carbons (Fsp3) is 0.300. The van der Waals surface area contributed by atoms with Crippen LogP contribution in [0.4, 0.5) is 10.1 Å². The number of nitrogens with zero attached hydrogens (tertiary/aromatic N) is 2. The highest BCUT2D eigenvalue weighted by molar-refractivity contribution is 9.10. The van der Waals surface area contributed by atoms with E-state index in [2.05, 4.69) is 21.2 Å². The van der Waals surface area contributed by atoms with Crippen molar-refractivity contribution >= 4 is 45.0 Å². The first-order valence-corrected chi connectivity index (χ1v) is 10.2. The molecule has 0 aromatic heterocycles. The molecule has 0 unspecified atom stereocenters. The minimum Gasteiger partial charge on any atom is -0.483 e. The predicted molar refractivity (Wildman–Crippen MR) is 113 cm³/mol. The fourth-order valence-corrected chi connectivity index (χ4v) is 3.71. The van der Waals surface area contributed by atoms with Gasteiger partial charge in [-0.25, -0.2) is 4.39 Å². The highest BCUT2D eigenvalue weighted by atomic mass is 79.9. The van der Waals surface area contributed by atoms with Crippen LogP contribution in [-0.4, -0.2) is 60.9 Å². The van der Waals surface area contributed by atoms with Gasteiger partial charge in [-0.15, -0.1) is 0 Å². The lowest BCUT2D eigenvalue weighted by Gasteiger charge is -2.34. The molecule has 0 bridgehead atoms. The fourth-order valence-electron chi connectivity index (χ4n) is 2.92. The number of hydrogen-bond donors (Lipinski definition) is 1. The van der Waals surface area contributed by atoms with E-state index in [-0.39, 0.29) is 30.8 Å². The molecule has 0 aliphatic carbocycles. The first kappa shape index (κ1) is 21.5. The van der Waals surface area contributed by atoms with Crippen LogP contribution in [0.25, 0.3) is 0 Å². The normalized spacial score (nSPS) is 14.5. The number of piperazine rings is 1. The van der Waals surface area contributed by atoms with E-state index >= 15 is 0 Å². The number of rotatable bonds is 6. The minimum atomic E-state index is -0.351. The summed E-state index contributed by atoms with van der Waals surface area (Å²) in [6.45, 7) is 2.38. The first-order chi connectivity index (χ1) is 13.9. The maximum Gasteiger partial charge on any atom is 0.260 e. The lowest BCUT2D eigenvalue weighted by atomic mass is 10.3. The van der Waals surface area contributed by atoms with Gasteiger partial charge in [0.05, 0.1) is 11.0 Å². The first-order valence-electron chi connectivity index (χ1n) is 9.04. The maximum atomic E-state index is 12.9. The molecule has 3 rings (SSSR count). The Labute approximate surface area is 181 Å². The highest BCUT2D eigenvalue weighted by Crippen LogP contribution is 2.28. The smallest absolute Gasteiger partial charge is 0.260 e. The third-order valence-electron chi connectivity index (χ3n) is 4.47. The number of carbonyl (C=O) groups excluding carboxylic acids is 2. The molecular weight excluding hydrogens is 465 g/mol. The number of carbonyl (C=O) groups is 2. The number of halogens is 3. The van der Waals surface area contributed by atoms with Gasteiger partial charge in [0.2, 0.25) is 5.91 Å². The Morgan fingerprint density at radius 3 is 2.45 bits per heavy atom. The molecule has 29 heavy (non-hydrogen) atoms. The van der Waals surface area contributed by atoms with Crippen molar-refractivity contribution in [2.75, 3.05) is 44.6 Å². The average molecular weight is 485 g/mol. The third-order valence-corrected chi connectivity index (χ3v) is 5.32. The summed E-state index contributed by atoms with van der Waals surface area (Å²) in [4.78, 5) is 28.2. The van der Waals surface area contributed by atoms with Gasteiger partial charge in [-0.05, 0) is 58.4 Å². The second-order valence-electron chi connectivity index (χ2n) is 6.58. The molecule has 0 spiro atoms. The molecule has 1 aliphatic rings. The molecule has 2 amide bonds. The van der Waals surface area contributed by atoms with Crippen molar-refractivity contribution in [2.45, 2.75) is 0 Å². The van der Waals surface area contributed by atoms with Crippen molar-refractivity contribution in [3.8, 4) is 5.75 Å². The van der Waals surface area contributed by atoms with E-state index in [1.165, 1.54) is 24.3 Å². The Balaban J connectivity index is 1.40. The molecule has 0 radical (unpaired) electrons. The Morgan fingerprint density at radius 1 is 1.10 bits per heavy atom. The number of anilines is 1. The molecule has 1 saturated heterocycles. The van der Waals surface area contributed by atoms with Gasteiger partial charge in [-0.2, -0.15) is 0 Å². The second kappa shape index (κ2) is 10.0. The summed E-state index contributed by atoms with van der Waals surface area (Å²) in [6, 6.07) is 10.7. The van der Waals surface area contributed by atoms with E-state index < -0.39 is 0 Å². The summed E-state index contributed by atoms with van der Waals surface area (Å²) in [6.07, 6.45) is 0. The van der Waals surface area contributed by atoms with Crippen molar-refractivity contribution in [1.29, 1.82) is 0 Å². The van der Waals surface area contributed by atoms with Crippen LogP contribution in [0.15, 0.2) is 46.9 Å². The van der Waals surface area contributed by atoms with Crippen LogP contribution in [0.3, 0.4) is 0 Å². The van der Waals surface area contributed by atoms with Gasteiger partial charge in [0.15, 0.2) is 6.61 Å². The Morgan fingerprint density at radius 2 is 1.79 bits per heavy atom. The van der Waals surface area contributed by atoms with Crippen molar-refractivity contribution in [2.24, 2.45) is 0 Å². The number of hydrogen-bond acceptors (Lipinski definition) is 4. The van der Waals surface area contributed by atoms with E-state index in [9.17, 15) is 14.0 Å². The van der Waals surface area contributed by atoms with Crippen LogP contribution < -0.4 is 10.1 Å². The van der Waals surface area contributed by atoms with E-state index in [1.807, 2.05) is 4.90 Å². The number of benzene rings is 2. The number of amides is 2. The van der Waals surface area contributed by atoms with Crippen LogP contribution >= 0.6 is 27.5 Å². The van der Waals surface area contributed by atoms with Crippen LogP contribution in [-0.2, 0) is 9.59 Å². The van der Waals surface area contributed by atoms with Crippen molar-refractivity contribution < 1.29 is 18.7 Å². The number of nitrogens with one attached hydrogen (secondary N) is 1. The van der Waals surface area contributed by atoms with E-state index in [1.54, 1.807) is 23.1 Å². The van der Waals surface area contributed by atoms with Crippen LogP contribution in [0.2, 0.25) is 5.02 Å². The molecule has 1 fully saturated rings. The number of ether oxygens (including phenoxy) is 1. The highest BCUT2D eigenvalue weighted by Gasteiger charge is 2.23. The van der Waals surface area contributed by atoms with Crippen molar-refractivity contribution in [1.82, 2.24) is 9.80 Å². The van der Waals surface area contributed by atoms with Gasteiger partial charge >= 0.3 is 0 Å². The van der Waals surface area contributed by atoms with E-state index in [0.29, 0.717) is 47.1 Å². The maximum absolute atomic E-state index is 12.9.